The summed E-state index contributed by atoms with van der Waals surface area (Å²) in [6.07, 6.45) is 0. The number of ether oxygens (including phenoxy) is 2. The van der Waals surface area contributed by atoms with Gasteiger partial charge in [-0.15, -0.1) is 0 Å². The molecule has 1 N–H and O–H groups in total. The molecule has 1 aromatic carbocycles. The topological polar surface area (TPSA) is 93.6 Å². The lowest BCUT2D eigenvalue weighted by atomic mass is 10.4. The number of aromatic nitrogens is 2. The number of halogens is 2. The van der Waals surface area contributed by atoms with Crippen molar-refractivity contribution in [3.8, 4) is 5.88 Å². The Hall–Kier alpha value is -1.65. The van der Waals surface area contributed by atoms with Crippen LogP contribution in [0, 0.1) is 6.92 Å². The van der Waals surface area contributed by atoms with E-state index in [9.17, 15) is 8.42 Å². The van der Waals surface area contributed by atoms with Gasteiger partial charge in [-0.1, -0.05) is 23.2 Å². The molecule has 3 rings (SSSR count). The molecule has 0 bridgehead atoms. The van der Waals surface area contributed by atoms with Gasteiger partial charge in [0, 0.05) is 30.7 Å². The highest BCUT2D eigenvalue weighted by Crippen LogP contribution is 2.24. The molecule has 8 nitrogen and oxygen atoms in total. The van der Waals surface area contributed by atoms with Crippen LogP contribution in [-0.4, -0.2) is 57.8 Å². The molecule has 1 aromatic heterocycles. The monoisotopic (exact) mass is 446 g/mol. The molecule has 1 saturated heterocycles. The first kappa shape index (κ1) is 21.1. The molecule has 2 aromatic rings. The van der Waals surface area contributed by atoms with Crippen molar-refractivity contribution >= 4 is 39.0 Å². The maximum Gasteiger partial charge on any atom is 0.242 e. The van der Waals surface area contributed by atoms with Gasteiger partial charge in [0.05, 0.1) is 18.2 Å². The third-order valence-electron chi connectivity index (χ3n) is 3.96. The molecule has 1 fully saturated rings. The van der Waals surface area contributed by atoms with Gasteiger partial charge in [0.2, 0.25) is 15.9 Å². The van der Waals surface area contributed by atoms with E-state index in [0.29, 0.717) is 24.9 Å². The molecule has 28 heavy (non-hydrogen) atoms. The lowest BCUT2D eigenvalue weighted by molar-refractivity contribution is 0.122. The molecule has 0 atom stereocenters. The zero-order chi connectivity index (χ0) is 20.1. The normalized spacial score (nSPS) is 14.9. The number of anilines is 1. The molecule has 1 aliphatic heterocycles. The SMILES string of the molecule is Cc1nc(OCCNS(=O)(=O)c2cc(Cl)ccc2Cl)cc(N2CCOCC2)n1. The van der Waals surface area contributed by atoms with E-state index in [-0.39, 0.29) is 28.1 Å². The van der Waals surface area contributed by atoms with E-state index in [1.54, 1.807) is 13.0 Å². The Labute approximate surface area is 173 Å². The molecule has 0 spiro atoms. The molecular weight excluding hydrogens is 427 g/mol. The first-order valence-corrected chi connectivity index (χ1v) is 10.8. The van der Waals surface area contributed by atoms with Crippen LogP contribution in [0.2, 0.25) is 10.0 Å². The van der Waals surface area contributed by atoms with Crippen LogP contribution in [0.3, 0.4) is 0 Å². The highest BCUT2D eigenvalue weighted by Gasteiger charge is 2.18. The number of morpholine rings is 1. The van der Waals surface area contributed by atoms with E-state index >= 15 is 0 Å². The van der Waals surface area contributed by atoms with E-state index in [0.717, 1.165) is 18.9 Å². The van der Waals surface area contributed by atoms with Gasteiger partial charge in [-0.25, -0.2) is 18.1 Å². The number of nitrogens with one attached hydrogen (secondary N) is 1. The quantitative estimate of drug-likeness (QED) is 0.651. The Morgan fingerprint density at radius 1 is 1.21 bits per heavy atom. The van der Waals surface area contributed by atoms with Crippen LogP contribution in [0.25, 0.3) is 0 Å². The number of hydrogen-bond donors (Lipinski definition) is 1. The van der Waals surface area contributed by atoms with Gasteiger partial charge < -0.3 is 14.4 Å². The second-order valence-electron chi connectivity index (χ2n) is 6.03. The van der Waals surface area contributed by atoms with Crippen LogP contribution in [0.5, 0.6) is 5.88 Å². The van der Waals surface area contributed by atoms with Crippen molar-refractivity contribution in [3.05, 3.63) is 40.1 Å². The van der Waals surface area contributed by atoms with Crippen molar-refractivity contribution in [2.24, 2.45) is 0 Å². The zero-order valence-electron chi connectivity index (χ0n) is 15.2. The summed E-state index contributed by atoms with van der Waals surface area (Å²) in [5, 5.41) is 0.382. The van der Waals surface area contributed by atoms with Gasteiger partial charge in [-0.2, -0.15) is 4.98 Å². The van der Waals surface area contributed by atoms with Crippen molar-refractivity contribution in [2.45, 2.75) is 11.8 Å². The van der Waals surface area contributed by atoms with Crippen LogP contribution in [-0.2, 0) is 14.8 Å². The van der Waals surface area contributed by atoms with Crippen molar-refractivity contribution < 1.29 is 17.9 Å². The van der Waals surface area contributed by atoms with Gasteiger partial charge in [0.25, 0.3) is 0 Å². The van der Waals surface area contributed by atoms with E-state index < -0.39 is 10.0 Å². The maximum atomic E-state index is 12.4. The molecule has 0 radical (unpaired) electrons. The number of nitrogens with zero attached hydrogens (tertiary/aromatic N) is 3. The van der Waals surface area contributed by atoms with Crippen molar-refractivity contribution in [2.75, 3.05) is 44.4 Å². The molecule has 0 saturated carbocycles. The van der Waals surface area contributed by atoms with E-state index in [1.165, 1.54) is 18.2 Å². The smallest absolute Gasteiger partial charge is 0.242 e. The summed E-state index contributed by atoms with van der Waals surface area (Å²) in [7, 11) is -3.80. The zero-order valence-corrected chi connectivity index (χ0v) is 17.5. The fraction of sp³-hybridized carbons (Fsp3) is 0.412. The first-order valence-electron chi connectivity index (χ1n) is 8.61. The summed E-state index contributed by atoms with van der Waals surface area (Å²) in [5.41, 5.74) is 0. The predicted octanol–water partition coefficient (Wildman–Crippen LogP) is 2.29. The third-order valence-corrected chi connectivity index (χ3v) is 6.14. The van der Waals surface area contributed by atoms with Gasteiger partial charge in [0.15, 0.2) is 0 Å². The molecule has 11 heteroatoms. The highest BCUT2D eigenvalue weighted by molar-refractivity contribution is 7.89. The van der Waals surface area contributed by atoms with Crippen molar-refractivity contribution in [1.82, 2.24) is 14.7 Å². The second-order valence-corrected chi connectivity index (χ2v) is 8.61. The standard InChI is InChI=1S/C17H20Cl2N4O4S/c1-12-21-16(23-5-8-26-9-6-23)11-17(22-12)27-7-4-20-28(24,25)15-10-13(18)2-3-14(15)19/h2-3,10-11,20H,4-9H2,1H3. The summed E-state index contributed by atoms with van der Waals surface area (Å²) >= 11 is 11.8. The van der Waals surface area contributed by atoms with Gasteiger partial charge in [-0.05, 0) is 25.1 Å². The molecule has 2 heterocycles. The minimum absolute atomic E-state index is 0.0428. The van der Waals surface area contributed by atoms with Gasteiger partial charge >= 0.3 is 0 Å². The molecule has 0 amide bonds. The minimum Gasteiger partial charge on any atom is -0.476 e. The van der Waals surface area contributed by atoms with E-state index in [1.807, 2.05) is 0 Å². The van der Waals surface area contributed by atoms with Crippen molar-refractivity contribution in [1.29, 1.82) is 0 Å². The lowest BCUT2D eigenvalue weighted by Gasteiger charge is -2.28. The molecular formula is C17H20Cl2N4O4S. The summed E-state index contributed by atoms with van der Waals surface area (Å²) in [6.45, 7) is 4.70. The van der Waals surface area contributed by atoms with Crippen LogP contribution < -0.4 is 14.4 Å². The van der Waals surface area contributed by atoms with Gasteiger partial charge in [-0.3, -0.25) is 0 Å². The Balaban J connectivity index is 1.59. The number of rotatable bonds is 7. The molecule has 0 aliphatic carbocycles. The fourth-order valence-electron chi connectivity index (χ4n) is 2.65. The Morgan fingerprint density at radius 3 is 2.71 bits per heavy atom. The third kappa shape index (κ3) is 5.45. The fourth-order valence-corrected chi connectivity index (χ4v) is 4.42. The number of sulfonamides is 1. The summed E-state index contributed by atoms with van der Waals surface area (Å²) in [4.78, 5) is 10.7. The molecule has 0 unspecified atom stereocenters. The largest absolute Gasteiger partial charge is 0.476 e. The first-order chi connectivity index (χ1) is 13.3. The lowest BCUT2D eigenvalue weighted by Crippen LogP contribution is -2.37. The second kappa shape index (κ2) is 9.23. The highest BCUT2D eigenvalue weighted by atomic mass is 35.5. The Morgan fingerprint density at radius 2 is 1.96 bits per heavy atom. The molecule has 1 aliphatic rings. The van der Waals surface area contributed by atoms with Crippen molar-refractivity contribution in [3.63, 3.8) is 0 Å². The maximum absolute atomic E-state index is 12.4. The van der Waals surface area contributed by atoms with Crippen LogP contribution in [0.4, 0.5) is 5.82 Å². The number of aryl methyl sites for hydroxylation is 1. The van der Waals surface area contributed by atoms with Crippen LogP contribution in [0.1, 0.15) is 5.82 Å². The van der Waals surface area contributed by atoms with E-state index in [2.05, 4.69) is 19.6 Å². The number of benzene rings is 1. The minimum atomic E-state index is -3.80. The van der Waals surface area contributed by atoms with E-state index in [4.69, 9.17) is 32.7 Å². The van der Waals surface area contributed by atoms with Crippen LogP contribution in [0.15, 0.2) is 29.2 Å². The summed E-state index contributed by atoms with van der Waals surface area (Å²) in [5.74, 6) is 1.72. The summed E-state index contributed by atoms with van der Waals surface area (Å²) < 4.78 is 38.1. The Bertz CT molecular complexity index is 937. The Kier molecular flexibility index (Phi) is 6.95. The van der Waals surface area contributed by atoms with Crippen LogP contribution >= 0.6 is 23.2 Å². The average molecular weight is 447 g/mol. The molecule has 152 valence electrons. The predicted molar refractivity (Wildman–Crippen MR) is 107 cm³/mol. The average Bonchev–Trinajstić information content (AvgIpc) is 2.67. The number of hydrogen-bond acceptors (Lipinski definition) is 7. The summed E-state index contributed by atoms with van der Waals surface area (Å²) in [6, 6.07) is 6.00. The van der Waals surface area contributed by atoms with Gasteiger partial charge in [0.1, 0.15) is 23.1 Å².